The second-order valence-electron chi connectivity index (χ2n) is 7.32. The molecular weight excluding hydrogens is 358 g/mol. The third-order valence-electron chi connectivity index (χ3n) is 5.19. The van der Waals surface area contributed by atoms with E-state index < -0.39 is 5.66 Å². The molecule has 0 bridgehead atoms. The average Bonchev–Trinajstić information content (AvgIpc) is 2.61. The monoisotopic (exact) mass is 387 g/mol. The summed E-state index contributed by atoms with van der Waals surface area (Å²) in [6, 6.07) is 3.98. The molecule has 152 valence electrons. The van der Waals surface area contributed by atoms with E-state index in [9.17, 15) is 4.79 Å². The van der Waals surface area contributed by atoms with E-state index in [0.29, 0.717) is 18.3 Å². The van der Waals surface area contributed by atoms with Crippen LogP contribution < -0.4 is 21.1 Å². The van der Waals surface area contributed by atoms with Crippen LogP contribution in [0.4, 0.5) is 5.69 Å². The van der Waals surface area contributed by atoms with Gasteiger partial charge in [0.1, 0.15) is 11.4 Å². The Morgan fingerprint density at radius 2 is 1.82 bits per heavy atom. The highest BCUT2D eigenvalue weighted by Crippen LogP contribution is 2.41. The zero-order valence-corrected chi connectivity index (χ0v) is 16.8. The van der Waals surface area contributed by atoms with Gasteiger partial charge >= 0.3 is 5.97 Å². The van der Waals surface area contributed by atoms with Crippen molar-refractivity contribution in [2.24, 2.45) is 21.5 Å². The molecule has 1 spiro atoms. The number of nitrogens with two attached hydrogens (primary N) is 2. The van der Waals surface area contributed by atoms with Crippen molar-refractivity contribution in [1.29, 1.82) is 0 Å². The van der Waals surface area contributed by atoms with Gasteiger partial charge in [0.15, 0.2) is 6.61 Å². The topological polar surface area (TPSA) is 116 Å². The summed E-state index contributed by atoms with van der Waals surface area (Å²) in [6.45, 7) is 5.87. The van der Waals surface area contributed by atoms with Crippen LogP contribution in [0.1, 0.15) is 50.2 Å². The Hall–Kier alpha value is -2.77. The van der Waals surface area contributed by atoms with Crippen LogP contribution in [-0.2, 0) is 9.53 Å². The van der Waals surface area contributed by atoms with Gasteiger partial charge in [0.05, 0.1) is 6.61 Å². The number of nitrogens with zero attached hydrogens (tertiary/aromatic N) is 3. The van der Waals surface area contributed by atoms with E-state index >= 15 is 0 Å². The number of hydrogen-bond acceptors (Lipinski definition) is 8. The number of benzene rings is 1. The van der Waals surface area contributed by atoms with Gasteiger partial charge in [-0.15, -0.1) is 0 Å². The van der Waals surface area contributed by atoms with Gasteiger partial charge < -0.3 is 20.9 Å². The first-order valence-corrected chi connectivity index (χ1v) is 9.75. The van der Waals surface area contributed by atoms with E-state index in [-0.39, 0.29) is 18.5 Å². The lowest BCUT2D eigenvalue weighted by Crippen LogP contribution is -2.58. The summed E-state index contributed by atoms with van der Waals surface area (Å²) in [5.41, 5.74) is 14.5. The number of hydrogen-bond donors (Lipinski definition) is 2. The Morgan fingerprint density at radius 3 is 2.43 bits per heavy atom. The van der Waals surface area contributed by atoms with Gasteiger partial charge in [-0.1, -0.05) is 6.42 Å². The van der Waals surface area contributed by atoms with Gasteiger partial charge in [0.2, 0.25) is 11.9 Å². The maximum Gasteiger partial charge on any atom is 0.344 e. The van der Waals surface area contributed by atoms with Crippen LogP contribution in [0.25, 0.3) is 0 Å². The Morgan fingerprint density at radius 1 is 1.18 bits per heavy atom. The van der Waals surface area contributed by atoms with Crippen LogP contribution in [0.2, 0.25) is 0 Å². The quantitative estimate of drug-likeness (QED) is 0.749. The van der Waals surface area contributed by atoms with Crippen molar-refractivity contribution < 1.29 is 14.3 Å². The van der Waals surface area contributed by atoms with E-state index in [1.165, 1.54) is 6.42 Å². The standard InChI is InChI=1S/C20H29N5O3/c1-4-27-16(26)12-28-17-13(2)10-15(11-14(17)3)25-19(22)23-18(21)24-20(25)8-6-5-7-9-20/h10-11H,4-9,12H2,1-3H3,(H4,21,22,23,24). The molecule has 0 unspecified atom stereocenters. The number of rotatable bonds is 5. The smallest absolute Gasteiger partial charge is 0.344 e. The number of ether oxygens (including phenoxy) is 2. The van der Waals surface area contributed by atoms with Crippen molar-refractivity contribution in [1.82, 2.24) is 0 Å². The highest BCUT2D eigenvalue weighted by Gasteiger charge is 2.42. The minimum absolute atomic E-state index is 0.118. The molecule has 2 aliphatic rings. The summed E-state index contributed by atoms with van der Waals surface area (Å²) in [5.74, 6) is 0.876. The van der Waals surface area contributed by atoms with E-state index in [0.717, 1.165) is 42.5 Å². The molecule has 28 heavy (non-hydrogen) atoms. The molecule has 0 amide bonds. The lowest BCUT2D eigenvalue weighted by molar-refractivity contribution is -0.145. The molecule has 1 heterocycles. The first-order chi connectivity index (χ1) is 13.4. The molecule has 4 N–H and O–H groups in total. The highest BCUT2D eigenvalue weighted by atomic mass is 16.6. The predicted octanol–water partition coefficient (Wildman–Crippen LogP) is 2.36. The summed E-state index contributed by atoms with van der Waals surface area (Å²) in [5, 5.41) is 0. The maximum absolute atomic E-state index is 11.6. The lowest BCUT2D eigenvalue weighted by Gasteiger charge is -2.45. The summed E-state index contributed by atoms with van der Waals surface area (Å²) in [6.07, 6.45) is 5.07. The molecular formula is C20H29N5O3. The molecule has 1 saturated carbocycles. The molecule has 0 atom stereocenters. The van der Waals surface area contributed by atoms with Crippen molar-refractivity contribution in [3.05, 3.63) is 23.3 Å². The third-order valence-corrected chi connectivity index (χ3v) is 5.19. The SMILES string of the molecule is CCOC(=O)COc1c(C)cc(N2C(N)=NC(N)=NC23CCCCC3)cc1C. The average molecular weight is 387 g/mol. The molecule has 8 nitrogen and oxygen atoms in total. The lowest BCUT2D eigenvalue weighted by atomic mass is 9.87. The summed E-state index contributed by atoms with van der Waals surface area (Å²) >= 11 is 0. The van der Waals surface area contributed by atoms with Crippen LogP contribution in [0.3, 0.4) is 0 Å². The van der Waals surface area contributed by atoms with Gasteiger partial charge in [-0.3, -0.25) is 4.90 Å². The number of anilines is 1. The molecule has 0 aromatic heterocycles. The fraction of sp³-hybridized carbons (Fsp3) is 0.550. The van der Waals surface area contributed by atoms with Crippen LogP contribution in [0, 0.1) is 13.8 Å². The number of aliphatic imine (C=N–C) groups is 2. The molecule has 8 heteroatoms. The van der Waals surface area contributed by atoms with Gasteiger partial charge in [0, 0.05) is 5.69 Å². The van der Waals surface area contributed by atoms with E-state index in [1.807, 2.05) is 30.9 Å². The normalized spacial score (nSPS) is 18.5. The van der Waals surface area contributed by atoms with Crippen LogP contribution in [-0.4, -0.2) is 36.8 Å². The maximum atomic E-state index is 11.6. The molecule has 1 aromatic carbocycles. The highest BCUT2D eigenvalue weighted by molar-refractivity contribution is 6.05. The van der Waals surface area contributed by atoms with E-state index in [4.69, 9.17) is 25.9 Å². The first kappa shape index (κ1) is 20.0. The van der Waals surface area contributed by atoms with Gasteiger partial charge in [-0.25, -0.2) is 9.79 Å². The number of guanidine groups is 2. The number of carbonyl (C=O) groups excluding carboxylic acids is 1. The molecule has 1 aliphatic heterocycles. The molecule has 1 fully saturated rings. The molecule has 0 radical (unpaired) electrons. The predicted molar refractivity (Wildman–Crippen MR) is 110 cm³/mol. The number of aryl methyl sites for hydroxylation is 2. The fourth-order valence-corrected chi connectivity index (χ4v) is 4.11. The summed E-state index contributed by atoms with van der Waals surface area (Å²) in [7, 11) is 0. The van der Waals surface area contributed by atoms with Gasteiger partial charge in [0.25, 0.3) is 0 Å². The molecule has 1 aliphatic carbocycles. The minimum atomic E-state index is -0.486. The molecule has 1 aromatic rings. The van der Waals surface area contributed by atoms with E-state index in [1.54, 1.807) is 6.92 Å². The first-order valence-electron chi connectivity index (χ1n) is 9.75. The Kier molecular flexibility index (Phi) is 5.76. The van der Waals surface area contributed by atoms with Gasteiger partial charge in [-0.05, 0) is 69.7 Å². The molecule has 3 rings (SSSR count). The third kappa shape index (κ3) is 3.90. The number of carbonyl (C=O) groups is 1. The number of esters is 1. The Bertz CT molecular complexity index is 789. The van der Waals surface area contributed by atoms with Crippen molar-refractivity contribution in [3.8, 4) is 5.75 Å². The van der Waals surface area contributed by atoms with Gasteiger partial charge in [-0.2, -0.15) is 4.99 Å². The van der Waals surface area contributed by atoms with Crippen LogP contribution in [0.5, 0.6) is 5.75 Å². The Labute approximate surface area is 165 Å². The van der Waals surface area contributed by atoms with Crippen LogP contribution >= 0.6 is 0 Å². The van der Waals surface area contributed by atoms with Crippen molar-refractivity contribution in [3.63, 3.8) is 0 Å². The summed E-state index contributed by atoms with van der Waals surface area (Å²) in [4.78, 5) is 22.5. The second kappa shape index (κ2) is 8.08. The molecule has 0 saturated heterocycles. The largest absolute Gasteiger partial charge is 0.481 e. The Balaban J connectivity index is 1.92. The minimum Gasteiger partial charge on any atom is -0.481 e. The second-order valence-corrected chi connectivity index (χ2v) is 7.32. The zero-order chi connectivity index (χ0) is 20.3. The fourth-order valence-electron chi connectivity index (χ4n) is 4.11. The van der Waals surface area contributed by atoms with Crippen molar-refractivity contribution >= 4 is 23.6 Å². The van der Waals surface area contributed by atoms with E-state index in [2.05, 4.69) is 4.99 Å². The van der Waals surface area contributed by atoms with Crippen molar-refractivity contribution in [2.75, 3.05) is 18.1 Å². The van der Waals surface area contributed by atoms with Crippen molar-refractivity contribution in [2.45, 2.75) is 58.5 Å². The zero-order valence-electron chi connectivity index (χ0n) is 16.8. The summed E-state index contributed by atoms with van der Waals surface area (Å²) < 4.78 is 10.6. The van der Waals surface area contributed by atoms with Crippen LogP contribution in [0.15, 0.2) is 22.1 Å².